The molecule has 0 radical (unpaired) electrons. The lowest BCUT2D eigenvalue weighted by Crippen LogP contribution is -2.45. The molecule has 0 saturated heterocycles. The number of carboxylic acids is 2. The Morgan fingerprint density at radius 2 is 1.45 bits per heavy atom. The van der Waals surface area contributed by atoms with Gasteiger partial charge in [-0.3, -0.25) is 9.59 Å². The van der Waals surface area contributed by atoms with Gasteiger partial charge < -0.3 is 25.0 Å². The summed E-state index contributed by atoms with van der Waals surface area (Å²) in [5.74, 6) is -1.75. The van der Waals surface area contributed by atoms with E-state index in [1.165, 1.54) is 0 Å². The zero-order valence-electron chi connectivity index (χ0n) is 18.7. The fraction of sp³-hybridized carbons (Fsp3) is 0.400. The molecule has 0 bridgehead atoms. The second-order valence-corrected chi connectivity index (χ2v) is 8.22. The molecule has 33 heavy (non-hydrogen) atoms. The Kier molecular flexibility index (Phi) is 7.92. The van der Waals surface area contributed by atoms with E-state index in [1.807, 2.05) is 42.5 Å². The first-order valence-corrected chi connectivity index (χ1v) is 10.9. The molecule has 0 heterocycles. The lowest BCUT2D eigenvalue weighted by molar-refractivity contribution is -0.144. The van der Waals surface area contributed by atoms with Crippen LogP contribution in [0.3, 0.4) is 0 Å². The van der Waals surface area contributed by atoms with Gasteiger partial charge >= 0.3 is 11.9 Å². The number of ether oxygens (including phenoxy) is 2. The minimum Gasteiger partial charge on any atom is -0.496 e. The van der Waals surface area contributed by atoms with Crippen LogP contribution < -0.4 is 14.8 Å². The fourth-order valence-corrected chi connectivity index (χ4v) is 4.27. The van der Waals surface area contributed by atoms with Crippen molar-refractivity contribution < 1.29 is 34.1 Å². The van der Waals surface area contributed by atoms with E-state index in [-0.39, 0.29) is 18.2 Å². The topological polar surface area (TPSA) is 122 Å². The largest absolute Gasteiger partial charge is 0.496 e. The molecule has 2 aromatic carbocycles. The van der Waals surface area contributed by atoms with E-state index < -0.39 is 23.9 Å². The molecule has 1 aliphatic carbocycles. The summed E-state index contributed by atoms with van der Waals surface area (Å²) in [4.78, 5) is 35.5. The van der Waals surface area contributed by atoms with Gasteiger partial charge in [-0.15, -0.1) is 0 Å². The van der Waals surface area contributed by atoms with Crippen LogP contribution >= 0.6 is 0 Å². The van der Waals surface area contributed by atoms with Crippen molar-refractivity contribution in [3.8, 4) is 22.6 Å². The summed E-state index contributed by atoms with van der Waals surface area (Å²) >= 11 is 0. The third-order valence-electron chi connectivity index (χ3n) is 6.17. The van der Waals surface area contributed by atoms with Crippen LogP contribution in [0, 0.1) is 11.8 Å². The first kappa shape index (κ1) is 24.1. The quantitative estimate of drug-likeness (QED) is 0.530. The Labute approximate surface area is 192 Å². The van der Waals surface area contributed by atoms with Gasteiger partial charge in [0.05, 0.1) is 25.7 Å². The number of aliphatic carboxylic acids is 2. The SMILES string of the molecule is COc1cccc(OC)c1-c1ccc(C[C@H](NC(=O)C2CCC(C(=O)O)CC2)C(=O)O)cc1. The number of carboxylic acid groups (broad SMARTS) is 2. The van der Waals surface area contributed by atoms with Gasteiger partial charge in [0, 0.05) is 12.3 Å². The van der Waals surface area contributed by atoms with Crippen LogP contribution in [0.2, 0.25) is 0 Å². The molecule has 1 atom stereocenters. The number of amides is 1. The minimum absolute atomic E-state index is 0.134. The molecule has 1 saturated carbocycles. The number of methoxy groups -OCH3 is 2. The number of rotatable bonds is 9. The predicted octanol–water partition coefficient (Wildman–Crippen LogP) is 3.37. The normalized spacial score (nSPS) is 18.7. The van der Waals surface area contributed by atoms with E-state index in [0.717, 1.165) is 16.7 Å². The second-order valence-electron chi connectivity index (χ2n) is 8.22. The van der Waals surface area contributed by atoms with Crippen LogP contribution in [0.15, 0.2) is 42.5 Å². The van der Waals surface area contributed by atoms with E-state index in [0.29, 0.717) is 37.2 Å². The molecule has 8 nitrogen and oxygen atoms in total. The van der Waals surface area contributed by atoms with Crippen molar-refractivity contribution in [1.29, 1.82) is 0 Å². The Morgan fingerprint density at radius 3 is 1.94 bits per heavy atom. The minimum atomic E-state index is -1.11. The fourth-order valence-electron chi connectivity index (χ4n) is 4.27. The standard InChI is InChI=1S/C25H29NO7/c1-32-20-4-3-5-21(33-2)22(20)16-8-6-15(7-9-16)14-19(25(30)31)26-23(27)17-10-12-18(13-11-17)24(28)29/h3-9,17-19H,10-14H2,1-2H3,(H,26,27)(H,28,29)(H,30,31)/t17?,18?,19-/m0/s1. The van der Waals surface area contributed by atoms with Gasteiger partial charge in [-0.05, 0) is 48.9 Å². The average Bonchev–Trinajstić information content (AvgIpc) is 2.83. The number of carbonyl (C=O) groups is 3. The molecule has 0 aromatic heterocycles. The van der Waals surface area contributed by atoms with Crippen molar-refractivity contribution in [2.75, 3.05) is 14.2 Å². The lowest BCUT2D eigenvalue weighted by Gasteiger charge is -2.26. The van der Waals surface area contributed by atoms with E-state index in [1.54, 1.807) is 14.2 Å². The summed E-state index contributed by atoms with van der Waals surface area (Å²) in [6, 6.07) is 11.8. The zero-order valence-corrected chi connectivity index (χ0v) is 18.7. The lowest BCUT2D eigenvalue weighted by atomic mass is 9.81. The van der Waals surface area contributed by atoms with Gasteiger partial charge in [-0.1, -0.05) is 30.3 Å². The van der Waals surface area contributed by atoms with Crippen molar-refractivity contribution in [3.05, 3.63) is 48.0 Å². The third-order valence-corrected chi connectivity index (χ3v) is 6.17. The molecule has 176 valence electrons. The van der Waals surface area contributed by atoms with Gasteiger partial charge in [-0.2, -0.15) is 0 Å². The van der Waals surface area contributed by atoms with Crippen LogP contribution in [-0.4, -0.2) is 48.3 Å². The highest BCUT2D eigenvalue weighted by Crippen LogP contribution is 2.38. The van der Waals surface area contributed by atoms with Crippen LogP contribution in [0.5, 0.6) is 11.5 Å². The van der Waals surface area contributed by atoms with E-state index in [2.05, 4.69) is 5.32 Å². The van der Waals surface area contributed by atoms with Crippen LogP contribution in [0.4, 0.5) is 0 Å². The molecule has 1 fully saturated rings. The Bertz CT molecular complexity index is 972. The molecule has 0 aliphatic heterocycles. The van der Waals surface area contributed by atoms with Gasteiger partial charge in [0.25, 0.3) is 0 Å². The maximum absolute atomic E-state index is 12.6. The summed E-state index contributed by atoms with van der Waals surface area (Å²) in [7, 11) is 3.17. The highest BCUT2D eigenvalue weighted by molar-refractivity contribution is 5.85. The van der Waals surface area contributed by atoms with Crippen LogP contribution in [0.25, 0.3) is 11.1 Å². The number of carbonyl (C=O) groups excluding carboxylic acids is 1. The number of hydrogen-bond donors (Lipinski definition) is 3. The number of hydrogen-bond acceptors (Lipinski definition) is 5. The second kappa shape index (κ2) is 10.8. The number of nitrogens with one attached hydrogen (secondary N) is 1. The van der Waals surface area contributed by atoms with Crippen LogP contribution in [0.1, 0.15) is 31.2 Å². The molecule has 8 heteroatoms. The summed E-state index contributed by atoms with van der Waals surface area (Å²) in [5.41, 5.74) is 2.42. The maximum Gasteiger partial charge on any atom is 0.326 e. The Balaban J connectivity index is 1.68. The van der Waals surface area contributed by atoms with Gasteiger partial charge in [0.2, 0.25) is 5.91 Å². The molecule has 2 aromatic rings. The van der Waals surface area contributed by atoms with Gasteiger partial charge in [0.15, 0.2) is 0 Å². The molecular weight excluding hydrogens is 426 g/mol. The van der Waals surface area contributed by atoms with Crippen molar-refractivity contribution in [2.45, 2.75) is 38.1 Å². The molecule has 3 N–H and O–H groups in total. The highest BCUT2D eigenvalue weighted by Gasteiger charge is 2.31. The third kappa shape index (κ3) is 5.83. The number of benzene rings is 2. The van der Waals surface area contributed by atoms with E-state index in [9.17, 15) is 19.5 Å². The predicted molar refractivity (Wildman–Crippen MR) is 121 cm³/mol. The van der Waals surface area contributed by atoms with Crippen molar-refractivity contribution >= 4 is 17.8 Å². The highest BCUT2D eigenvalue weighted by atomic mass is 16.5. The Morgan fingerprint density at radius 1 is 0.909 bits per heavy atom. The molecule has 1 amide bonds. The first-order valence-electron chi connectivity index (χ1n) is 10.9. The maximum atomic E-state index is 12.6. The zero-order chi connectivity index (χ0) is 24.0. The average molecular weight is 456 g/mol. The van der Waals surface area contributed by atoms with Crippen molar-refractivity contribution in [2.24, 2.45) is 11.8 Å². The molecular formula is C25H29NO7. The summed E-state index contributed by atoms with van der Waals surface area (Å²) in [6.45, 7) is 0. The van der Waals surface area contributed by atoms with E-state index in [4.69, 9.17) is 14.6 Å². The molecule has 1 aliphatic rings. The summed E-state index contributed by atoms with van der Waals surface area (Å²) in [5, 5.41) is 21.4. The molecule has 0 unspecified atom stereocenters. The summed E-state index contributed by atoms with van der Waals surface area (Å²) < 4.78 is 10.9. The molecule has 3 rings (SSSR count). The summed E-state index contributed by atoms with van der Waals surface area (Å²) in [6.07, 6.45) is 1.89. The Hall–Kier alpha value is -3.55. The van der Waals surface area contributed by atoms with Crippen molar-refractivity contribution in [3.63, 3.8) is 0 Å². The molecule has 0 spiro atoms. The van der Waals surface area contributed by atoms with E-state index >= 15 is 0 Å². The van der Waals surface area contributed by atoms with Crippen LogP contribution in [-0.2, 0) is 20.8 Å². The smallest absolute Gasteiger partial charge is 0.326 e. The van der Waals surface area contributed by atoms with Crippen molar-refractivity contribution in [1.82, 2.24) is 5.32 Å². The van der Waals surface area contributed by atoms with Gasteiger partial charge in [0.1, 0.15) is 17.5 Å². The van der Waals surface area contributed by atoms with Gasteiger partial charge in [-0.25, -0.2) is 4.79 Å². The first-order chi connectivity index (χ1) is 15.8. The monoisotopic (exact) mass is 455 g/mol.